The van der Waals surface area contributed by atoms with Crippen molar-refractivity contribution in [3.63, 3.8) is 0 Å². The first-order valence-electron chi connectivity index (χ1n) is 9.32. The fourth-order valence-corrected chi connectivity index (χ4v) is 4.04. The van der Waals surface area contributed by atoms with Crippen LogP contribution in [0, 0.1) is 6.92 Å². The SMILES string of the molecule is Cc1ccc(CNC(=O)c2nn(C)c3c2CC(N2CCOCC2)CC3)o1. The number of carbonyl (C=O) groups is 1. The average molecular weight is 358 g/mol. The molecule has 4 rings (SSSR count). The maximum absolute atomic E-state index is 12.7. The number of ether oxygens (including phenoxy) is 1. The van der Waals surface area contributed by atoms with Crippen LogP contribution in [0.5, 0.6) is 0 Å². The zero-order valence-corrected chi connectivity index (χ0v) is 15.5. The molecule has 1 amide bonds. The highest BCUT2D eigenvalue weighted by Gasteiger charge is 2.31. The van der Waals surface area contributed by atoms with Crippen molar-refractivity contribution < 1.29 is 13.9 Å². The third-order valence-corrected chi connectivity index (χ3v) is 5.43. The lowest BCUT2D eigenvalue weighted by Crippen LogP contribution is -2.46. The maximum atomic E-state index is 12.7. The van der Waals surface area contributed by atoms with E-state index in [4.69, 9.17) is 9.15 Å². The first kappa shape index (κ1) is 17.3. The minimum Gasteiger partial charge on any atom is -0.465 e. The van der Waals surface area contributed by atoms with Gasteiger partial charge in [-0.15, -0.1) is 0 Å². The molecule has 2 aromatic rings. The van der Waals surface area contributed by atoms with E-state index in [9.17, 15) is 4.79 Å². The third kappa shape index (κ3) is 3.41. The van der Waals surface area contributed by atoms with Crippen molar-refractivity contribution in [2.75, 3.05) is 26.3 Å². The Bertz CT molecular complexity index is 789. The van der Waals surface area contributed by atoms with E-state index in [0.717, 1.165) is 62.6 Å². The van der Waals surface area contributed by atoms with Crippen LogP contribution in [0.1, 0.15) is 39.7 Å². The highest BCUT2D eigenvalue weighted by molar-refractivity contribution is 5.94. The molecule has 0 spiro atoms. The van der Waals surface area contributed by atoms with Gasteiger partial charge in [0.15, 0.2) is 5.69 Å². The van der Waals surface area contributed by atoms with Crippen LogP contribution < -0.4 is 5.32 Å². The normalized spacial score (nSPS) is 20.8. The fourth-order valence-electron chi connectivity index (χ4n) is 4.04. The summed E-state index contributed by atoms with van der Waals surface area (Å²) in [6, 6.07) is 4.25. The number of hydrogen-bond acceptors (Lipinski definition) is 5. The molecule has 1 atom stereocenters. The number of nitrogens with zero attached hydrogens (tertiary/aromatic N) is 3. The second-order valence-corrected chi connectivity index (χ2v) is 7.14. The van der Waals surface area contributed by atoms with Gasteiger partial charge in [-0.25, -0.2) is 0 Å². The molecular formula is C19H26N4O3. The van der Waals surface area contributed by atoms with E-state index in [-0.39, 0.29) is 5.91 Å². The van der Waals surface area contributed by atoms with E-state index >= 15 is 0 Å². The molecule has 26 heavy (non-hydrogen) atoms. The van der Waals surface area contributed by atoms with Gasteiger partial charge in [-0.05, 0) is 38.3 Å². The quantitative estimate of drug-likeness (QED) is 0.895. The summed E-state index contributed by atoms with van der Waals surface area (Å²) in [5.41, 5.74) is 2.85. The number of fused-ring (bicyclic) bond motifs is 1. The van der Waals surface area contributed by atoms with Crippen LogP contribution in [-0.2, 0) is 31.2 Å². The molecule has 0 saturated carbocycles. The number of carbonyl (C=O) groups excluding carboxylic acids is 1. The molecule has 1 unspecified atom stereocenters. The fraction of sp³-hybridized carbons (Fsp3) is 0.579. The summed E-state index contributed by atoms with van der Waals surface area (Å²) in [5.74, 6) is 1.48. The molecule has 1 N–H and O–H groups in total. The Morgan fingerprint density at radius 3 is 2.88 bits per heavy atom. The number of hydrogen-bond donors (Lipinski definition) is 1. The molecule has 1 aliphatic heterocycles. The summed E-state index contributed by atoms with van der Waals surface area (Å²) in [6.45, 7) is 5.81. The lowest BCUT2D eigenvalue weighted by atomic mass is 9.90. The van der Waals surface area contributed by atoms with Gasteiger partial charge < -0.3 is 14.5 Å². The molecule has 7 nitrogen and oxygen atoms in total. The highest BCUT2D eigenvalue weighted by Crippen LogP contribution is 2.27. The van der Waals surface area contributed by atoms with E-state index in [1.165, 1.54) is 5.69 Å². The monoisotopic (exact) mass is 358 g/mol. The van der Waals surface area contributed by atoms with Crippen molar-refractivity contribution in [3.8, 4) is 0 Å². The van der Waals surface area contributed by atoms with Gasteiger partial charge in [-0.3, -0.25) is 14.4 Å². The number of aryl methyl sites for hydroxylation is 2. The second-order valence-electron chi connectivity index (χ2n) is 7.14. The highest BCUT2D eigenvalue weighted by atomic mass is 16.5. The smallest absolute Gasteiger partial charge is 0.272 e. The van der Waals surface area contributed by atoms with E-state index in [1.807, 2.05) is 30.8 Å². The Morgan fingerprint density at radius 2 is 2.15 bits per heavy atom. The molecule has 2 aliphatic rings. The van der Waals surface area contributed by atoms with Gasteiger partial charge in [0.05, 0.1) is 19.8 Å². The lowest BCUT2D eigenvalue weighted by Gasteiger charge is -2.36. The van der Waals surface area contributed by atoms with E-state index in [1.54, 1.807) is 0 Å². The van der Waals surface area contributed by atoms with Crippen LogP contribution >= 0.6 is 0 Å². The Kier molecular flexibility index (Phi) is 4.82. The molecule has 1 saturated heterocycles. The molecule has 1 aliphatic carbocycles. The van der Waals surface area contributed by atoms with Gasteiger partial charge in [0.25, 0.3) is 5.91 Å². The Balaban J connectivity index is 1.48. The largest absolute Gasteiger partial charge is 0.465 e. The van der Waals surface area contributed by atoms with E-state index in [0.29, 0.717) is 18.3 Å². The van der Waals surface area contributed by atoms with Crippen LogP contribution in [0.25, 0.3) is 0 Å². The predicted octanol–water partition coefficient (Wildman–Crippen LogP) is 1.44. The predicted molar refractivity (Wildman–Crippen MR) is 96.0 cm³/mol. The minimum absolute atomic E-state index is 0.126. The Morgan fingerprint density at radius 1 is 1.35 bits per heavy atom. The first-order valence-corrected chi connectivity index (χ1v) is 9.32. The van der Waals surface area contributed by atoms with Gasteiger partial charge >= 0.3 is 0 Å². The molecule has 1 fully saturated rings. The van der Waals surface area contributed by atoms with Crippen molar-refractivity contribution >= 4 is 5.91 Å². The summed E-state index contributed by atoms with van der Waals surface area (Å²) >= 11 is 0. The molecule has 140 valence electrons. The Labute approximate surface area is 153 Å². The van der Waals surface area contributed by atoms with Crippen LogP contribution in [0.3, 0.4) is 0 Å². The van der Waals surface area contributed by atoms with Gasteiger partial charge in [-0.2, -0.15) is 5.10 Å². The van der Waals surface area contributed by atoms with Gasteiger partial charge in [0, 0.05) is 37.4 Å². The van der Waals surface area contributed by atoms with Crippen molar-refractivity contribution in [2.24, 2.45) is 7.05 Å². The number of morpholine rings is 1. The average Bonchev–Trinajstić information content (AvgIpc) is 3.23. The van der Waals surface area contributed by atoms with Crippen LogP contribution in [-0.4, -0.2) is 52.9 Å². The molecule has 0 radical (unpaired) electrons. The van der Waals surface area contributed by atoms with Crippen molar-refractivity contribution in [2.45, 2.75) is 38.8 Å². The zero-order chi connectivity index (χ0) is 18.1. The summed E-state index contributed by atoms with van der Waals surface area (Å²) < 4.78 is 12.9. The zero-order valence-electron chi connectivity index (χ0n) is 15.5. The van der Waals surface area contributed by atoms with Crippen molar-refractivity contribution in [1.29, 1.82) is 0 Å². The van der Waals surface area contributed by atoms with Gasteiger partial charge in [0.1, 0.15) is 11.5 Å². The van der Waals surface area contributed by atoms with E-state index < -0.39 is 0 Å². The molecule has 2 aromatic heterocycles. The maximum Gasteiger partial charge on any atom is 0.272 e. The standard InChI is InChI=1S/C19H26N4O3/c1-13-3-5-15(26-13)12-20-19(24)18-16-11-14(23-7-9-25-10-8-23)4-6-17(16)22(2)21-18/h3,5,14H,4,6-12H2,1-2H3,(H,20,24). The minimum atomic E-state index is -0.126. The summed E-state index contributed by atoms with van der Waals surface area (Å²) in [4.78, 5) is 15.2. The molecule has 3 heterocycles. The number of furan rings is 1. The molecule has 0 aromatic carbocycles. The van der Waals surface area contributed by atoms with Crippen LogP contribution in [0.15, 0.2) is 16.5 Å². The Hall–Kier alpha value is -2.12. The van der Waals surface area contributed by atoms with Crippen molar-refractivity contribution in [1.82, 2.24) is 20.0 Å². The van der Waals surface area contributed by atoms with Gasteiger partial charge in [-0.1, -0.05) is 0 Å². The first-order chi connectivity index (χ1) is 12.6. The molecular weight excluding hydrogens is 332 g/mol. The molecule has 0 bridgehead atoms. The lowest BCUT2D eigenvalue weighted by molar-refractivity contribution is 0.0135. The number of amides is 1. The second kappa shape index (κ2) is 7.25. The summed E-state index contributed by atoms with van der Waals surface area (Å²) in [7, 11) is 1.93. The molecule has 7 heteroatoms. The third-order valence-electron chi connectivity index (χ3n) is 5.43. The van der Waals surface area contributed by atoms with E-state index in [2.05, 4.69) is 15.3 Å². The van der Waals surface area contributed by atoms with Gasteiger partial charge in [0.2, 0.25) is 0 Å². The number of nitrogens with one attached hydrogen (secondary N) is 1. The summed E-state index contributed by atoms with van der Waals surface area (Å²) in [6.07, 6.45) is 2.95. The summed E-state index contributed by atoms with van der Waals surface area (Å²) in [5, 5.41) is 7.46. The number of rotatable bonds is 4. The topological polar surface area (TPSA) is 72.5 Å². The van der Waals surface area contributed by atoms with Crippen LogP contribution in [0.4, 0.5) is 0 Å². The number of aromatic nitrogens is 2. The van der Waals surface area contributed by atoms with Crippen molar-refractivity contribution in [3.05, 3.63) is 40.6 Å². The van der Waals surface area contributed by atoms with Crippen LogP contribution in [0.2, 0.25) is 0 Å².